The molecule has 1 fully saturated rings. The number of nitriles is 1. The van der Waals surface area contributed by atoms with Gasteiger partial charge in [0.05, 0.1) is 6.07 Å². The largest absolute Gasteiger partial charge is 0.352 e. The van der Waals surface area contributed by atoms with Crippen LogP contribution in [-0.2, 0) is 4.79 Å². The summed E-state index contributed by atoms with van der Waals surface area (Å²) in [5, 5.41) is 11.5. The second kappa shape index (κ2) is 7.44. The summed E-state index contributed by atoms with van der Waals surface area (Å²) in [5.41, 5.74) is 0.666. The van der Waals surface area contributed by atoms with Gasteiger partial charge in [0, 0.05) is 25.2 Å². The van der Waals surface area contributed by atoms with E-state index in [2.05, 4.69) is 5.32 Å². The molecule has 0 spiro atoms. The molecule has 1 aromatic carbocycles. The van der Waals surface area contributed by atoms with Crippen LogP contribution in [0.25, 0.3) is 0 Å². The molecule has 0 radical (unpaired) electrons. The molecule has 0 saturated carbocycles. The summed E-state index contributed by atoms with van der Waals surface area (Å²) < 4.78 is 0. The predicted molar refractivity (Wildman–Crippen MR) is 78.3 cm³/mol. The van der Waals surface area contributed by atoms with Crippen molar-refractivity contribution >= 4 is 11.8 Å². The number of likely N-dealkylation sites (tertiary alicyclic amines) is 1. The fraction of sp³-hybridized carbons (Fsp3) is 0.438. The number of piperidine rings is 1. The zero-order valence-corrected chi connectivity index (χ0v) is 11.9. The third-order valence-corrected chi connectivity index (χ3v) is 3.78. The lowest BCUT2D eigenvalue weighted by Gasteiger charge is -2.31. The molecule has 1 saturated heterocycles. The van der Waals surface area contributed by atoms with E-state index in [-0.39, 0.29) is 18.2 Å². The first-order valence-corrected chi connectivity index (χ1v) is 7.18. The Kier molecular flexibility index (Phi) is 5.33. The topological polar surface area (TPSA) is 73.2 Å². The molecule has 2 rings (SSSR count). The average molecular weight is 285 g/mol. The number of carbonyl (C=O) groups excluding carboxylic acids is 2. The molecule has 1 heterocycles. The fourth-order valence-corrected chi connectivity index (χ4v) is 2.49. The lowest BCUT2D eigenvalue weighted by Crippen LogP contribution is -2.41. The van der Waals surface area contributed by atoms with Crippen molar-refractivity contribution in [1.82, 2.24) is 10.2 Å². The fourth-order valence-electron chi connectivity index (χ4n) is 2.49. The number of hydrogen-bond donors (Lipinski definition) is 1. The summed E-state index contributed by atoms with van der Waals surface area (Å²) in [7, 11) is 0. The van der Waals surface area contributed by atoms with Gasteiger partial charge in [-0.3, -0.25) is 9.59 Å². The van der Waals surface area contributed by atoms with Gasteiger partial charge in [0.25, 0.3) is 5.91 Å². The maximum Gasteiger partial charge on any atom is 0.251 e. The molecular formula is C16H19N3O2. The number of nitrogens with one attached hydrogen (secondary N) is 1. The quantitative estimate of drug-likeness (QED) is 0.912. The van der Waals surface area contributed by atoms with Crippen molar-refractivity contribution in [3.05, 3.63) is 35.9 Å². The summed E-state index contributed by atoms with van der Waals surface area (Å²) in [4.78, 5) is 25.3. The Labute approximate surface area is 124 Å². The monoisotopic (exact) mass is 285 g/mol. The van der Waals surface area contributed by atoms with Crippen molar-refractivity contribution < 1.29 is 9.59 Å². The summed E-state index contributed by atoms with van der Waals surface area (Å²) in [5.74, 6) is 0.242. The lowest BCUT2D eigenvalue weighted by atomic mass is 9.96. The zero-order valence-electron chi connectivity index (χ0n) is 11.9. The highest BCUT2D eigenvalue weighted by molar-refractivity contribution is 5.94. The number of nitrogens with zero attached hydrogens (tertiary/aromatic N) is 2. The molecule has 21 heavy (non-hydrogen) atoms. The third-order valence-electron chi connectivity index (χ3n) is 3.78. The molecule has 1 N–H and O–H groups in total. The lowest BCUT2D eigenvalue weighted by molar-refractivity contribution is -0.131. The molecule has 1 aromatic rings. The minimum absolute atomic E-state index is 0.0462. The van der Waals surface area contributed by atoms with Gasteiger partial charge >= 0.3 is 0 Å². The van der Waals surface area contributed by atoms with Crippen molar-refractivity contribution in [3.63, 3.8) is 0 Å². The first kappa shape index (κ1) is 15.0. The van der Waals surface area contributed by atoms with Gasteiger partial charge in [0.2, 0.25) is 5.91 Å². The molecule has 1 aliphatic heterocycles. The molecule has 0 unspecified atom stereocenters. The van der Waals surface area contributed by atoms with E-state index < -0.39 is 0 Å². The second-order valence-electron chi connectivity index (χ2n) is 5.24. The van der Waals surface area contributed by atoms with Crippen LogP contribution in [0.5, 0.6) is 0 Å². The van der Waals surface area contributed by atoms with Crippen molar-refractivity contribution in [3.8, 4) is 6.07 Å². The van der Waals surface area contributed by atoms with Crippen LogP contribution in [0.15, 0.2) is 30.3 Å². The zero-order chi connectivity index (χ0) is 15.1. The van der Waals surface area contributed by atoms with E-state index in [0.29, 0.717) is 31.1 Å². The standard InChI is InChI=1S/C16H19N3O2/c17-9-6-15(20)19-10-7-13(8-11-19)12-18-16(21)14-4-2-1-3-5-14/h1-5,13H,6-8,10-12H2,(H,18,21). The highest BCUT2D eigenvalue weighted by Gasteiger charge is 2.22. The van der Waals surface area contributed by atoms with Gasteiger partial charge < -0.3 is 10.2 Å². The molecule has 0 aromatic heterocycles. The second-order valence-corrected chi connectivity index (χ2v) is 5.24. The molecular weight excluding hydrogens is 266 g/mol. The maximum absolute atomic E-state index is 11.9. The van der Waals surface area contributed by atoms with Crippen LogP contribution in [0, 0.1) is 17.2 Å². The van der Waals surface area contributed by atoms with Crippen molar-refractivity contribution in [1.29, 1.82) is 5.26 Å². The van der Waals surface area contributed by atoms with E-state index in [4.69, 9.17) is 5.26 Å². The minimum Gasteiger partial charge on any atom is -0.352 e. The van der Waals surface area contributed by atoms with Gasteiger partial charge in [-0.25, -0.2) is 0 Å². The van der Waals surface area contributed by atoms with Gasteiger partial charge in [-0.05, 0) is 30.9 Å². The first-order chi connectivity index (χ1) is 10.2. The highest BCUT2D eigenvalue weighted by Crippen LogP contribution is 2.17. The number of hydrogen-bond acceptors (Lipinski definition) is 3. The Morgan fingerprint density at radius 2 is 1.90 bits per heavy atom. The van der Waals surface area contributed by atoms with E-state index >= 15 is 0 Å². The summed E-state index contributed by atoms with van der Waals surface area (Å²) in [6.45, 7) is 1.98. The van der Waals surface area contributed by atoms with E-state index in [1.807, 2.05) is 24.3 Å². The number of amides is 2. The Morgan fingerprint density at radius 1 is 1.24 bits per heavy atom. The van der Waals surface area contributed by atoms with Crippen LogP contribution in [0.3, 0.4) is 0 Å². The predicted octanol–water partition coefficient (Wildman–Crippen LogP) is 1.57. The van der Waals surface area contributed by atoms with Crippen LogP contribution in [-0.4, -0.2) is 36.3 Å². The molecule has 0 atom stereocenters. The first-order valence-electron chi connectivity index (χ1n) is 7.18. The summed E-state index contributed by atoms with van der Waals surface area (Å²) in [6.07, 6.45) is 1.69. The molecule has 5 heteroatoms. The van der Waals surface area contributed by atoms with Gasteiger partial charge in [0.1, 0.15) is 6.42 Å². The van der Waals surface area contributed by atoms with E-state index in [0.717, 1.165) is 12.8 Å². The van der Waals surface area contributed by atoms with Crippen molar-refractivity contribution in [2.24, 2.45) is 5.92 Å². The van der Waals surface area contributed by atoms with E-state index in [1.165, 1.54) is 0 Å². The Morgan fingerprint density at radius 3 is 2.52 bits per heavy atom. The number of benzene rings is 1. The summed E-state index contributed by atoms with van der Waals surface area (Å²) >= 11 is 0. The van der Waals surface area contributed by atoms with E-state index in [1.54, 1.807) is 17.0 Å². The van der Waals surface area contributed by atoms with Gasteiger partial charge in [-0.15, -0.1) is 0 Å². The average Bonchev–Trinajstić information content (AvgIpc) is 2.54. The van der Waals surface area contributed by atoms with Crippen LogP contribution in [0.4, 0.5) is 0 Å². The van der Waals surface area contributed by atoms with Crippen LogP contribution < -0.4 is 5.32 Å². The SMILES string of the molecule is N#CCC(=O)N1CCC(CNC(=O)c2ccccc2)CC1. The van der Waals surface area contributed by atoms with Crippen LogP contribution in [0.1, 0.15) is 29.6 Å². The van der Waals surface area contributed by atoms with E-state index in [9.17, 15) is 9.59 Å². The van der Waals surface area contributed by atoms with Gasteiger partial charge in [0.15, 0.2) is 0 Å². The molecule has 2 amide bonds. The molecule has 0 aliphatic carbocycles. The van der Waals surface area contributed by atoms with Crippen LogP contribution >= 0.6 is 0 Å². The van der Waals surface area contributed by atoms with Crippen molar-refractivity contribution in [2.45, 2.75) is 19.3 Å². The number of rotatable bonds is 4. The Bertz CT molecular complexity index is 528. The number of carbonyl (C=O) groups is 2. The summed E-state index contributed by atoms with van der Waals surface area (Å²) in [6, 6.07) is 11.0. The highest BCUT2D eigenvalue weighted by atomic mass is 16.2. The minimum atomic E-state index is -0.0933. The van der Waals surface area contributed by atoms with Crippen LogP contribution in [0.2, 0.25) is 0 Å². The van der Waals surface area contributed by atoms with Gasteiger partial charge in [-0.2, -0.15) is 5.26 Å². The van der Waals surface area contributed by atoms with Crippen molar-refractivity contribution in [2.75, 3.05) is 19.6 Å². The molecule has 110 valence electrons. The Hall–Kier alpha value is -2.35. The smallest absolute Gasteiger partial charge is 0.251 e. The molecule has 5 nitrogen and oxygen atoms in total. The molecule has 1 aliphatic rings. The maximum atomic E-state index is 11.9. The molecule has 0 bridgehead atoms. The van der Waals surface area contributed by atoms with Gasteiger partial charge in [-0.1, -0.05) is 18.2 Å². The third kappa shape index (κ3) is 4.32. The Balaban J connectivity index is 1.73. The normalized spacial score (nSPS) is 15.3.